The van der Waals surface area contributed by atoms with E-state index in [1.165, 1.54) is 11.8 Å². The average molecular weight is 348 g/mol. The topological polar surface area (TPSA) is 69.5 Å². The van der Waals surface area contributed by atoms with Crippen LogP contribution >= 0.6 is 11.8 Å². The predicted octanol–water partition coefficient (Wildman–Crippen LogP) is 2.48. The Morgan fingerprint density at radius 3 is 2.71 bits per heavy atom. The van der Waals surface area contributed by atoms with Gasteiger partial charge in [-0.2, -0.15) is 0 Å². The third kappa shape index (κ3) is 3.19. The van der Waals surface area contributed by atoms with Gasteiger partial charge in [0.1, 0.15) is 11.0 Å². The summed E-state index contributed by atoms with van der Waals surface area (Å²) in [6, 6.07) is 7.84. The van der Waals surface area contributed by atoms with Crippen LogP contribution in [0.5, 0.6) is 5.75 Å². The molecule has 0 N–H and O–H groups in total. The van der Waals surface area contributed by atoms with E-state index < -0.39 is 0 Å². The number of rotatable bonds is 6. The number of nitrogens with zero attached hydrogens (tertiary/aromatic N) is 4. The third-order valence-corrected chi connectivity index (χ3v) is 4.83. The van der Waals surface area contributed by atoms with Gasteiger partial charge in [0.25, 0.3) is 0 Å². The maximum absolute atomic E-state index is 11.8. The van der Waals surface area contributed by atoms with Gasteiger partial charge in [-0.25, -0.2) is 0 Å². The summed E-state index contributed by atoms with van der Waals surface area (Å²) in [5.41, 5.74) is 1.04. The molecular formula is C16H20N4O3S. The molecule has 1 aliphatic rings. The van der Waals surface area contributed by atoms with Crippen molar-refractivity contribution in [1.82, 2.24) is 14.8 Å². The number of anilines is 2. The van der Waals surface area contributed by atoms with E-state index in [-0.39, 0.29) is 11.2 Å². The van der Waals surface area contributed by atoms with E-state index in [1.54, 1.807) is 14.0 Å². The van der Waals surface area contributed by atoms with Crippen LogP contribution in [0.15, 0.2) is 29.4 Å². The molecule has 0 amide bonds. The molecule has 0 bridgehead atoms. The molecule has 0 saturated carbocycles. The lowest BCUT2D eigenvalue weighted by Gasteiger charge is -2.15. The van der Waals surface area contributed by atoms with E-state index in [4.69, 9.17) is 9.47 Å². The van der Waals surface area contributed by atoms with Crippen LogP contribution in [-0.4, -0.2) is 46.2 Å². The number of carbonyl (C=O) groups excluding carboxylic acids is 1. The highest BCUT2D eigenvalue weighted by molar-refractivity contribution is 8.00. The standard InChI is InChI=1S/C16H20N4O3S/c1-4-23-14(21)11(2)24-16-18-17-15-19(9-10-20(15)16)12-5-7-13(22-3)8-6-12/h5-8,11H,4,9-10H2,1-3H3/t11-/m1/s1. The second-order valence-corrected chi connectivity index (χ2v) is 6.60. The number of hydrogen-bond donors (Lipinski definition) is 0. The number of methoxy groups -OCH3 is 1. The second kappa shape index (κ2) is 7.12. The number of aromatic nitrogens is 3. The number of carbonyl (C=O) groups is 1. The molecule has 2 aromatic rings. The van der Waals surface area contributed by atoms with Gasteiger partial charge in [0, 0.05) is 18.8 Å². The maximum Gasteiger partial charge on any atom is 0.319 e. The Kier molecular flexibility index (Phi) is 4.94. The Morgan fingerprint density at radius 1 is 1.29 bits per heavy atom. The summed E-state index contributed by atoms with van der Waals surface area (Å²) in [5, 5.41) is 8.95. The Morgan fingerprint density at radius 2 is 2.04 bits per heavy atom. The van der Waals surface area contributed by atoms with Crippen LogP contribution in [-0.2, 0) is 16.1 Å². The van der Waals surface area contributed by atoms with E-state index in [9.17, 15) is 4.79 Å². The fourth-order valence-electron chi connectivity index (χ4n) is 2.54. The molecule has 1 aliphatic heterocycles. The van der Waals surface area contributed by atoms with Crippen LogP contribution in [0.2, 0.25) is 0 Å². The molecule has 128 valence electrons. The maximum atomic E-state index is 11.8. The molecule has 2 heterocycles. The Bertz CT molecular complexity index is 717. The molecule has 8 heteroatoms. The summed E-state index contributed by atoms with van der Waals surface area (Å²) in [4.78, 5) is 13.9. The van der Waals surface area contributed by atoms with Crippen LogP contribution in [0.4, 0.5) is 11.6 Å². The van der Waals surface area contributed by atoms with Gasteiger partial charge in [0.05, 0.1) is 13.7 Å². The van der Waals surface area contributed by atoms with E-state index in [0.29, 0.717) is 6.61 Å². The highest BCUT2D eigenvalue weighted by Crippen LogP contribution is 2.34. The predicted molar refractivity (Wildman–Crippen MR) is 92.0 cm³/mol. The van der Waals surface area contributed by atoms with Gasteiger partial charge < -0.3 is 14.4 Å². The Balaban J connectivity index is 1.76. The summed E-state index contributed by atoms with van der Waals surface area (Å²) >= 11 is 1.38. The van der Waals surface area contributed by atoms with Crippen molar-refractivity contribution in [1.29, 1.82) is 0 Å². The van der Waals surface area contributed by atoms with Crippen LogP contribution in [0, 0.1) is 0 Å². The summed E-state index contributed by atoms with van der Waals surface area (Å²) in [5.74, 6) is 1.38. The van der Waals surface area contributed by atoms with Crippen molar-refractivity contribution < 1.29 is 14.3 Å². The van der Waals surface area contributed by atoms with E-state index >= 15 is 0 Å². The molecule has 1 atom stereocenters. The minimum Gasteiger partial charge on any atom is -0.497 e. The number of benzene rings is 1. The quantitative estimate of drug-likeness (QED) is 0.587. The van der Waals surface area contributed by atoms with Gasteiger partial charge in [0.15, 0.2) is 5.16 Å². The summed E-state index contributed by atoms with van der Waals surface area (Å²) in [7, 11) is 1.65. The number of esters is 1. The second-order valence-electron chi connectivity index (χ2n) is 5.30. The SMILES string of the molecule is CCOC(=O)[C@@H](C)Sc1nnc2n1CCN2c1ccc(OC)cc1. The third-order valence-electron chi connectivity index (χ3n) is 3.77. The number of ether oxygens (including phenoxy) is 2. The molecule has 1 aromatic heterocycles. The van der Waals surface area contributed by atoms with E-state index in [0.717, 1.165) is 35.6 Å². The first-order valence-corrected chi connectivity index (χ1v) is 8.70. The van der Waals surface area contributed by atoms with Crippen molar-refractivity contribution in [2.24, 2.45) is 0 Å². The normalized spacial score (nSPS) is 14.4. The first-order valence-electron chi connectivity index (χ1n) is 7.82. The van der Waals surface area contributed by atoms with Crippen molar-refractivity contribution in [3.63, 3.8) is 0 Å². The Hall–Kier alpha value is -2.22. The van der Waals surface area contributed by atoms with Crippen LogP contribution in [0.3, 0.4) is 0 Å². The average Bonchev–Trinajstić information content (AvgIpc) is 3.18. The summed E-state index contributed by atoms with van der Waals surface area (Å²) in [6.45, 7) is 5.61. The van der Waals surface area contributed by atoms with Crippen molar-refractivity contribution in [3.8, 4) is 5.75 Å². The molecule has 0 fully saturated rings. The monoisotopic (exact) mass is 348 g/mol. The molecule has 1 aromatic carbocycles. The van der Waals surface area contributed by atoms with Gasteiger partial charge in [-0.15, -0.1) is 10.2 Å². The van der Waals surface area contributed by atoms with Crippen LogP contribution < -0.4 is 9.64 Å². The van der Waals surface area contributed by atoms with Gasteiger partial charge in [-0.1, -0.05) is 11.8 Å². The molecule has 0 saturated heterocycles. The van der Waals surface area contributed by atoms with E-state index in [2.05, 4.69) is 15.1 Å². The zero-order valence-electron chi connectivity index (χ0n) is 13.9. The van der Waals surface area contributed by atoms with Crippen molar-refractivity contribution in [2.45, 2.75) is 30.8 Å². The lowest BCUT2D eigenvalue weighted by atomic mass is 10.3. The fraction of sp³-hybridized carbons (Fsp3) is 0.438. The van der Waals surface area contributed by atoms with Gasteiger partial charge >= 0.3 is 5.97 Å². The minimum absolute atomic E-state index is 0.232. The number of thioether (sulfide) groups is 1. The zero-order valence-corrected chi connectivity index (χ0v) is 14.7. The molecule has 0 unspecified atom stereocenters. The Labute approximate surface area is 145 Å². The largest absolute Gasteiger partial charge is 0.497 e. The zero-order chi connectivity index (χ0) is 17.1. The van der Waals surface area contributed by atoms with Crippen LogP contribution in [0.25, 0.3) is 0 Å². The van der Waals surface area contributed by atoms with Gasteiger partial charge in [-0.3, -0.25) is 9.36 Å². The first kappa shape index (κ1) is 16.6. The van der Waals surface area contributed by atoms with Crippen molar-refractivity contribution in [3.05, 3.63) is 24.3 Å². The minimum atomic E-state index is -0.312. The molecule has 0 radical (unpaired) electrons. The highest BCUT2D eigenvalue weighted by Gasteiger charge is 2.28. The molecule has 0 spiro atoms. The first-order chi connectivity index (χ1) is 11.6. The molecular weight excluding hydrogens is 328 g/mol. The molecule has 7 nitrogen and oxygen atoms in total. The summed E-state index contributed by atoms with van der Waals surface area (Å²) < 4.78 is 12.3. The van der Waals surface area contributed by atoms with Crippen LogP contribution in [0.1, 0.15) is 13.8 Å². The lowest BCUT2D eigenvalue weighted by molar-refractivity contribution is -0.142. The van der Waals surface area contributed by atoms with E-state index in [1.807, 2.05) is 35.8 Å². The number of hydrogen-bond acceptors (Lipinski definition) is 7. The highest BCUT2D eigenvalue weighted by atomic mass is 32.2. The molecule has 0 aliphatic carbocycles. The smallest absolute Gasteiger partial charge is 0.319 e. The summed E-state index contributed by atoms with van der Waals surface area (Å²) in [6.07, 6.45) is 0. The fourth-order valence-corrected chi connectivity index (χ4v) is 3.40. The van der Waals surface area contributed by atoms with Crippen molar-refractivity contribution >= 4 is 29.4 Å². The molecule has 24 heavy (non-hydrogen) atoms. The van der Waals surface area contributed by atoms with Crippen molar-refractivity contribution in [2.75, 3.05) is 25.2 Å². The van der Waals surface area contributed by atoms with Gasteiger partial charge in [0.2, 0.25) is 5.95 Å². The molecule has 3 rings (SSSR count). The lowest BCUT2D eigenvalue weighted by Crippen LogP contribution is -2.17. The van der Waals surface area contributed by atoms with Gasteiger partial charge in [-0.05, 0) is 38.1 Å². The number of fused-ring (bicyclic) bond motifs is 1.